The zero-order valence-corrected chi connectivity index (χ0v) is 19.1. The summed E-state index contributed by atoms with van der Waals surface area (Å²) in [5.41, 5.74) is 3.48. The second kappa shape index (κ2) is 9.26. The van der Waals surface area contributed by atoms with E-state index in [0.717, 1.165) is 33.5 Å². The van der Waals surface area contributed by atoms with Crippen molar-refractivity contribution in [3.8, 4) is 11.4 Å². The standard InChI is InChI=1S/C23H23ClN4O2S/c1-14-20(18-6-4-5-7-19(18)25-14)21(29)15(2)31-23-27-26-22(28(23)12-13-30-3)16-8-10-17(24)11-9-16/h4-11,15,25H,12-13H2,1-3H3/t15-/m0/s1. The molecule has 1 N–H and O–H groups in total. The Bertz CT molecular complexity index is 1220. The minimum Gasteiger partial charge on any atom is -0.383 e. The minimum atomic E-state index is -0.332. The number of thioether (sulfide) groups is 1. The molecule has 31 heavy (non-hydrogen) atoms. The SMILES string of the molecule is COCCn1c(S[C@@H](C)C(=O)c2c(C)[nH]c3ccccc23)nnc1-c1ccc(Cl)cc1. The van der Waals surface area contributed by atoms with Gasteiger partial charge < -0.3 is 9.72 Å². The molecule has 0 saturated carbocycles. The quantitative estimate of drug-likeness (QED) is 0.285. The second-order valence-electron chi connectivity index (χ2n) is 7.25. The number of aromatic nitrogens is 4. The summed E-state index contributed by atoms with van der Waals surface area (Å²) in [6.07, 6.45) is 0. The Balaban J connectivity index is 1.64. The number of halogens is 1. The number of Topliss-reactive ketones (excluding diaryl/α,β-unsaturated/α-hetero) is 1. The summed E-state index contributed by atoms with van der Waals surface area (Å²) in [6.45, 7) is 4.93. The third kappa shape index (κ3) is 4.39. The van der Waals surface area contributed by atoms with Crippen molar-refractivity contribution in [2.24, 2.45) is 0 Å². The summed E-state index contributed by atoms with van der Waals surface area (Å²) >= 11 is 7.43. The van der Waals surface area contributed by atoms with E-state index in [1.54, 1.807) is 7.11 Å². The molecule has 0 bridgehead atoms. The van der Waals surface area contributed by atoms with Gasteiger partial charge in [0.15, 0.2) is 16.8 Å². The summed E-state index contributed by atoms with van der Waals surface area (Å²) < 4.78 is 7.27. The Morgan fingerprint density at radius 3 is 2.68 bits per heavy atom. The average Bonchev–Trinajstić information content (AvgIpc) is 3.31. The lowest BCUT2D eigenvalue weighted by Crippen LogP contribution is -2.16. The first kappa shape index (κ1) is 21.6. The lowest BCUT2D eigenvalue weighted by atomic mass is 10.1. The lowest BCUT2D eigenvalue weighted by Gasteiger charge is -2.13. The van der Waals surface area contributed by atoms with Gasteiger partial charge in [0, 0.05) is 39.9 Å². The molecule has 0 aliphatic carbocycles. The smallest absolute Gasteiger partial charge is 0.192 e. The van der Waals surface area contributed by atoms with Crippen molar-refractivity contribution in [3.05, 3.63) is 64.8 Å². The fourth-order valence-electron chi connectivity index (χ4n) is 3.58. The predicted octanol–water partition coefficient (Wildman–Crippen LogP) is 5.40. The number of methoxy groups -OCH3 is 1. The van der Waals surface area contributed by atoms with Crippen molar-refractivity contribution >= 4 is 40.0 Å². The maximum atomic E-state index is 13.3. The fourth-order valence-corrected chi connectivity index (χ4v) is 4.64. The highest BCUT2D eigenvalue weighted by Crippen LogP contribution is 2.31. The molecule has 2 heterocycles. The minimum absolute atomic E-state index is 0.0642. The van der Waals surface area contributed by atoms with Crippen LogP contribution in [0.15, 0.2) is 53.7 Å². The van der Waals surface area contributed by atoms with Crippen LogP contribution in [0.5, 0.6) is 0 Å². The summed E-state index contributed by atoms with van der Waals surface area (Å²) in [4.78, 5) is 16.7. The Morgan fingerprint density at radius 2 is 1.94 bits per heavy atom. The number of carbonyl (C=O) groups excluding carboxylic acids is 1. The molecule has 4 aromatic rings. The molecule has 0 amide bonds. The first-order valence-corrected chi connectivity index (χ1v) is 11.2. The van der Waals surface area contributed by atoms with Crippen LogP contribution in [-0.2, 0) is 11.3 Å². The highest BCUT2D eigenvalue weighted by molar-refractivity contribution is 8.00. The largest absolute Gasteiger partial charge is 0.383 e. The Hall–Kier alpha value is -2.61. The fraction of sp³-hybridized carbons (Fsp3) is 0.261. The number of nitrogens with one attached hydrogen (secondary N) is 1. The van der Waals surface area contributed by atoms with Gasteiger partial charge in [-0.25, -0.2) is 0 Å². The lowest BCUT2D eigenvalue weighted by molar-refractivity contribution is 0.0995. The maximum absolute atomic E-state index is 13.3. The van der Waals surface area contributed by atoms with Gasteiger partial charge in [0.05, 0.1) is 18.4 Å². The number of benzene rings is 2. The first-order chi connectivity index (χ1) is 15.0. The van der Waals surface area contributed by atoms with Crippen molar-refractivity contribution < 1.29 is 9.53 Å². The second-order valence-corrected chi connectivity index (χ2v) is 9.00. The summed E-state index contributed by atoms with van der Waals surface area (Å²) in [7, 11) is 1.66. The molecule has 6 nitrogen and oxygen atoms in total. The van der Waals surface area contributed by atoms with Crippen LogP contribution in [0.4, 0.5) is 0 Å². The molecule has 0 aliphatic heterocycles. The van der Waals surface area contributed by atoms with Crippen molar-refractivity contribution in [1.82, 2.24) is 19.7 Å². The highest BCUT2D eigenvalue weighted by Gasteiger charge is 2.25. The van der Waals surface area contributed by atoms with E-state index in [1.807, 2.05) is 66.9 Å². The number of aromatic amines is 1. The molecule has 0 saturated heterocycles. The molecule has 4 rings (SSSR count). The Labute approximate surface area is 190 Å². The van der Waals surface area contributed by atoms with Crippen LogP contribution < -0.4 is 0 Å². The molecule has 0 unspecified atom stereocenters. The number of aryl methyl sites for hydroxylation is 1. The number of nitrogens with zero attached hydrogens (tertiary/aromatic N) is 3. The van der Waals surface area contributed by atoms with Gasteiger partial charge in [-0.3, -0.25) is 9.36 Å². The van der Waals surface area contributed by atoms with Crippen LogP contribution in [-0.4, -0.2) is 44.5 Å². The van der Waals surface area contributed by atoms with Crippen LogP contribution in [0.2, 0.25) is 5.02 Å². The van der Waals surface area contributed by atoms with E-state index < -0.39 is 0 Å². The molecule has 160 valence electrons. The van der Waals surface area contributed by atoms with Crippen LogP contribution in [0.25, 0.3) is 22.3 Å². The molecule has 0 radical (unpaired) electrons. The van der Waals surface area contributed by atoms with Crippen LogP contribution in [0.3, 0.4) is 0 Å². The van der Waals surface area contributed by atoms with E-state index in [9.17, 15) is 4.79 Å². The third-order valence-electron chi connectivity index (χ3n) is 5.13. The van der Waals surface area contributed by atoms with Gasteiger partial charge in [-0.2, -0.15) is 0 Å². The number of fused-ring (bicyclic) bond motifs is 1. The number of ether oxygens (including phenoxy) is 1. The zero-order chi connectivity index (χ0) is 22.0. The van der Waals surface area contributed by atoms with E-state index in [-0.39, 0.29) is 11.0 Å². The van der Waals surface area contributed by atoms with Gasteiger partial charge in [-0.05, 0) is 44.2 Å². The molecular formula is C23H23ClN4O2S. The normalized spacial score (nSPS) is 12.4. The van der Waals surface area contributed by atoms with Crippen molar-refractivity contribution in [3.63, 3.8) is 0 Å². The summed E-state index contributed by atoms with van der Waals surface area (Å²) in [5, 5.41) is 10.7. The van der Waals surface area contributed by atoms with Crippen molar-refractivity contribution in [2.75, 3.05) is 13.7 Å². The van der Waals surface area contributed by atoms with E-state index in [2.05, 4.69) is 15.2 Å². The third-order valence-corrected chi connectivity index (χ3v) is 6.46. The van der Waals surface area contributed by atoms with Gasteiger partial charge in [0.2, 0.25) is 0 Å². The number of rotatable bonds is 8. The molecular weight excluding hydrogens is 432 g/mol. The van der Waals surface area contributed by atoms with E-state index in [4.69, 9.17) is 16.3 Å². The Kier molecular flexibility index (Phi) is 6.46. The molecule has 2 aromatic carbocycles. The molecule has 8 heteroatoms. The predicted molar refractivity (Wildman–Crippen MR) is 125 cm³/mol. The van der Waals surface area contributed by atoms with Gasteiger partial charge >= 0.3 is 0 Å². The molecule has 0 spiro atoms. The number of ketones is 1. The zero-order valence-electron chi connectivity index (χ0n) is 17.6. The van der Waals surface area contributed by atoms with Crippen LogP contribution in [0.1, 0.15) is 23.0 Å². The molecule has 0 fully saturated rings. The topological polar surface area (TPSA) is 72.8 Å². The Morgan fingerprint density at radius 1 is 1.19 bits per heavy atom. The number of hydrogen-bond acceptors (Lipinski definition) is 5. The maximum Gasteiger partial charge on any atom is 0.192 e. The number of H-pyrrole nitrogens is 1. The monoisotopic (exact) mass is 454 g/mol. The first-order valence-electron chi connectivity index (χ1n) is 9.96. The number of carbonyl (C=O) groups is 1. The molecule has 0 aliphatic rings. The van der Waals surface area contributed by atoms with E-state index >= 15 is 0 Å². The molecule has 2 aromatic heterocycles. The highest BCUT2D eigenvalue weighted by atomic mass is 35.5. The summed E-state index contributed by atoms with van der Waals surface area (Å²) in [5.74, 6) is 0.786. The van der Waals surface area contributed by atoms with E-state index in [0.29, 0.717) is 23.3 Å². The van der Waals surface area contributed by atoms with Crippen LogP contribution in [0, 0.1) is 6.92 Å². The molecule has 1 atom stereocenters. The van der Waals surface area contributed by atoms with Crippen LogP contribution >= 0.6 is 23.4 Å². The van der Waals surface area contributed by atoms with Gasteiger partial charge in [0.25, 0.3) is 0 Å². The van der Waals surface area contributed by atoms with Gasteiger partial charge in [0.1, 0.15) is 0 Å². The number of hydrogen-bond donors (Lipinski definition) is 1. The van der Waals surface area contributed by atoms with E-state index in [1.165, 1.54) is 11.8 Å². The number of para-hydroxylation sites is 1. The van der Waals surface area contributed by atoms with Crippen molar-refractivity contribution in [1.29, 1.82) is 0 Å². The van der Waals surface area contributed by atoms with Gasteiger partial charge in [-0.15, -0.1) is 10.2 Å². The van der Waals surface area contributed by atoms with Crippen molar-refractivity contribution in [2.45, 2.75) is 30.8 Å². The van der Waals surface area contributed by atoms with Gasteiger partial charge in [-0.1, -0.05) is 41.6 Å². The summed E-state index contributed by atoms with van der Waals surface area (Å²) in [6, 6.07) is 15.3. The average molecular weight is 455 g/mol.